The SMILES string of the molecule is CN1CCN(Nc2ncnc(N3CCC(Cc4ccccc4)CC3)c2N)CC1. The lowest BCUT2D eigenvalue weighted by atomic mass is 9.90. The molecule has 3 N–H and O–H groups in total. The number of nitrogen functional groups attached to an aromatic ring is 1. The van der Waals surface area contributed by atoms with E-state index >= 15 is 0 Å². The Balaban J connectivity index is 1.36. The molecular formula is C21H31N7. The number of nitrogens with one attached hydrogen (secondary N) is 1. The van der Waals surface area contributed by atoms with Crippen molar-refractivity contribution in [2.24, 2.45) is 5.92 Å². The molecule has 4 rings (SSSR count). The van der Waals surface area contributed by atoms with Crippen molar-refractivity contribution in [3.05, 3.63) is 42.2 Å². The van der Waals surface area contributed by atoms with Crippen molar-refractivity contribution in [2.75, 3.05) is 62.4 Å². The van der Waals surface area contributed by atoms with Crippen LogP contribution < -0.4 is 16.1 Å². The minimum Gasteiger partial charge on any atom is -0.393 e. The van der Waals surface area contributed by atoms with Crippen LogP contribution in [0.15, 0.2) is 36.7 Å². The van der Waals surface area contributed by atoms with Crippen LogP contribution in [0.3, 0.4) is 0 Å². The van der Waals surface area contributed by atoms with Crippen LogP contribution in [0.1, 0.15) is 18.4 Å². The number of hydrazine groups is 1. The Bertz CT molecular complexity index is 751. The molecule has 0 radical (unpaired) electrons. The maximum Gasteiger partial charge on any atom is 0.169 e. The smallest absolute Gasteiger partial charge is 0.169 e. The van der Waals surface area contributed by atoms with Crippen molar-refractivity contribution in [1.29, 1.82) is 0 Å². The van der Waals surface area contributed by atoms with Crippen LogP contribution in [0.4, 0.5) is 17.3 Å². The minimum atomic E-state index is 0.655. The van der Waals surface area contributed by atoms with E-state index < -0.39 is 0 Å². The number of aromatic nitrogens is 2. The first-order valence-electron chi connectivity index (χ1n) is 10.3. The molecule has 0 bridgehead atoms. The Kier molecular flexibility index (Phi) is 5.92. The second-order valence-corrected chi connectivity index (χ2v) is 7.98. The van der Waals surface area contributed by atoms with Crippen LogP contribution in [0.2, 0.25) is 0 Å². The molecule has 3 heterocycles. The van der Waals surface area contributed by atoms with Crippen LogP contribution in [0.25, 0.3) is 0 Å². The number of benzene rings is 1. The third-order valence-corrected chi connectivity index (χ3v) is 5.91. The zero-order valence-electron chi connectivity index (χ0n) is 16.7. The van der Waals surface area contributed by atoms with E-state index in [1.165, 1.54) is 18.4 Å². The van der Waals surface area contributed by atoms with Gasteiger partial charge in [-0.15, -0.1) is 0 Å². The van der Waals surface area contributed by atoms with Gasteiger partial charge in [0.2, 0.25) is 0 Å². The first-order valence-corrected chi connectivity index (χ1v) is 10.3. The van der Waals surface area contributed by atoms with Gasteiger partial charge in [-0.25, -0.2) is 15.0 Å². The average Bonchev–Trinajstić information content (AvgIpc) is 2.73. The zero-order valence-corrected chi connectivity index (χ0v) is 16.7. The molecule has 0 spiro atoms. The van der Waals surface area contributed by atoms with Crippen molar-refractivity contribution >= 4 is 17.3 Å². The van der Waals surface area contributed by atoms with E-state index in [2.05, 4.69) is 67.6 Å². The van der Waals surface area contributed by atoms with Gasteiger partial charge in [-0.2, -0.15) is 0 Å². The first-order chi connectivity index (χ1) is 13.7. The monoisotopic (exact) mass is 381 g/mol. The van der Waals surface area contributed by atoms with Crippen molar-refractivity contribution in [2.45, 2.75) is 19.3 Å². The number of anilines is 3. The van der Waals surface area contributed by atoms with E-state index in [1.807, 2.05) is 0 Å². The fraction of sp³-hybridized carbons (Fsp3) is 0.524. The fourth-order valence-electron chi connectivity index (χ4n) is 4.09. The number of rotatable bonds is 5. The van der Waals surface area contributed by atoms with Gasteiger partial charge in [-0.3, -0.25) is 0 Å². The zero-order chi connectivity index (χ0) is 19.3. The van der Waals surface area contributed by atoms with Crippen LogP contribution in [-0.4, -0.2) is 66.2 Å². The van der Waals surface area contributed by atoms with Gasteiger partial charge in [0.1, 0.15) is 12.0 Å². The van der Waals surface area contributed by atoms with E-state index in [4.69, 9.17) is 5.73 Å². The lowest BCUT2D eigenvalue weighted by Gasteiger charge is -2.35. The predicted octanol–water partition coefficient (Wildman–Crippen LogP) is 2.09. The van der Waals surface area contributed by atoms with Crippen molar-refractivity contribution in [1.82, 2.24) is 19.9 Å². The van der Waals surface area contributed by atoms with Crippen molar-refractivity contribution in [3.63, 3.8) is 0 Å². The molecule has 0 saturated carbocycles. The van der Waals surface area contributed by atoms with Crippen LogP contribution in [0.5, 0.6) is 0 Å². The number of piperidine rings is 1. The molecule has 2 fully saturated rings. The Morgan fingerprint density at radius 3 is 2.43 bits per heavy atom. The molecule has 0 unspecified atom stereocenters. The molecule has 150 valence electrons. The number of hydrogen-bond donors (Lipinski definition) is 2. The van der Waals surface area contributed by atoms with E-state index in [1.54, 1.807) is 6.33 Å². The molecule has 28 heavy (non-hydrogen) atoms. The summed E-state index contributed by atoms with van der Waals surface area (Å²) in [6, 6.07) is 10.8. The maximum absolute atomic E-state index is 6.45. The molecule has 2 saturated heterocycles. The fourth-order valence-corrected chi connectivity index (χ4v) is 4.09. The summed E-state index contributed by atoms with van der Waals surface area (Å²) in [6.45, 7) is 5.99. The summed E-state index contributed by atoms with van der Waals surface area (Å²) in [5.74, 6) is 2.32. The molecule has 2 aliphatic heterocycles. The quantitative estimate of drug-likeness (QED) is 0.821. The Hall–Kier alpha value is -2.38. The van der Waals surface area contributed by atoms with Gasteiger partial charge >= 0.3 is 0 Å². The average molecular weight is 382 g/mol. The predicted molar refractivity (Wildman–Crippen MR) is 114 cm³/mol. The van der Waals surface area contributed by atoms with Gasteiger partial charge in [0.25, 0.3) is 0 Å². The van der Waals surface area contributed by atoms with Gasteiger partial charge in [-0.05, 0) is 37.8 Å². The summed E-state index contributed by atoms with van der Waals surface area (Å²) in [7, 11) is 2.15. The number of nitrogens with zero attached hydrogens (tertiary/aromatic N) is 5. The van der Waals surface area contributed by atoms with Gasteiger partial charge in [0, 0.05) is 39.3 Å². The van der Waals surface area contributed by atoms with Crippen LogP contribution in [0, 0.1) is 5.92 Å². The normalized spacial score (nSPS) is 19.7. The lowest BCUT2D eigenvalue weighted by Crippen LogP contribution is -2.47. The minimum absolute atomic E-state index is 0.655. The highest BCUT2D eigenvalue weighted by molar-refractivity contribution is 5.74. The summed E-state index contributed by atoms with van der Waals surface area (Å²) in [4.78, 5) is 13.5. The third kappa shape index (κ3) is 4.54. The van der Waals surface area contributed by atoms with Crippen molar-refractivity contribution < 1.29 is 0 Å². The van der Waals surface area contributed by atoms with E-state index in [9.17, 15) is 0 Å². The molecule has 2 aliphatic rings. The highest BCUT2D eigenvalue weighted by Crippen LogP contribution is 2.31. The number of piperazine rings is 1. The highest BCUT2D eigenvalue weighted by atomic mass is 15.5. The summed E-state index contributed by atoms with van der Waals surface area (Å²) >= 11 is 0. The first kappa shape index (κ1) is 19.0. The summed E-state index contributed by atoms with van der Waals surface area (Å²) in [5.41, 5.74) is 11.9. The van der Waals surface area contributed by atoms with E-state index in [0.29, 0.717) is 5.69 Å². The second kappa shape index (κ2) is 8.75. The second-order valence-electron chi connectivity index (χ2n) is 7.98. The van der Waals surface area contributed by atoms with E-state index in [-0.39, 0.29) is 0 Å². The van der Waals surface area contributed by atoms with E-state index in [0.717, 1.165) is 63.2 Å². The Morgan fingerprint density at radius 2 is 1.71 bits per heavy atom. The van der Waals surface area contributed by atoms with Gasteiger partial charge < -0.3 is 21.0 Å². The van der Waals surface area contributed by atoms with Gasteiger partial charge in [0.15, 0.2) is 11.6 Å². The summed E-state index contributed by atoms with van der Waals surface area (Å²) in [5, 5.41) is 2.19. The molecule has 1 aromatic heterocycles. The number of nitrogens with two attached hydrogens (primary N) is 1. The van der Waals surface area contributed by atoms with Gasteiger partial charge in [0.05, 0.1) is 0 Å². The number of hydrogen-bond acceptors (Lipinski definition) is 7. The molecule has 7 heteroatoms. The molecule has 1 aromatic carbocycles. The van der Waals surface area contributed by atoms with Crippen molar-refractivity contribution in [3.8, 4) is 0 Å². The van der Waals surface area contributed by atoms with Crippen LogP contribution in [-0.2, 0) is 6.42 Å². The Morgan fingerprint density at radius 1 is 1.00 bits per heavy atom. The number of likely N-dealkylation sites (N-methyl/N-ethyl adjacent to an activating group) is 1. The molecule has 2 aromatic rings. The molecule has 7 nitrogen and oxygen atoms in total. The maximum atomic E-state index is 6.45. The summed E-state index contributed by atoms with van der Waals surface area (Å²) < 4.78 is 0. The standard InChI is InChI=1S/C21H31N7/c1-26-11-13-28(14-12-26)25-20-19(22)21(24-16-23-20)27-9-7-18(8-10-27)15-17-5-3-2-4-6-17/h2-6,16,18H,7-15,22H2,1H3,(H,23,24,25). The highest BCUT2D eigenvalue weighted by Gasteiger charge is 2.24. The Labute approximate surface area is 167 Å². The largest absolute Gasteiger partial charge is 0.393 e. The topological polar surface area (TPSA) is 73.5 Å². The third-order valence-electron chi connectivity index (χ3n) is 5.91. The molecule has 0 amide bonds. The molecular weight excluding hydrogens is 350 g/mol. The molecule has 0 aliphatic carbocycles. The lowest BCUT2D eigenvalue weighted by molar-refractivity contribution is 0.178. The summed E-state index contributed by atoms with van der Waals surface area (Å²) in [6.07, 6.45) is 5.11. The van der Waals surface area contributed by atoms with Crippen LogP contribution >= 0.6 is 0 Å². The van der Waals surface area contributed by atoms with Gasteiger partial charge in [-0.1, -0.05) is 30.3 Å². The molecule has 0 atom stereocenters.